The van der Waals surface area contributed by atoms with E-state index in [-0.39, 0.29) is 18.0 Å². The zero-order valence-corrected chi connectivity index (χ0v) is 12.7. The van der Waals surface area contributed by atoms with Gasteiger partial charge in [0.15, 0.2) is 0 Å². The van der Waals surface area contributed by atoms with Crippen LogP contribution in [0.2, 0.25) is 0 Å². The number of nitrogens with zero attached hydrogens (tertiary/aromatic N) is 2. The fourth-order valence-corrected chi connectivity index (χ4v) is 2.43. The second-order valence-corrected chi connectivity index (χ2v) is 5.27. The second kappa shape index (κ2) is 6.48. The number of cyclic esters (lactones) is 1. The Morgan fingerprint density at radius 1 is 1.30 bits per heavy atom. The number of aromatic nitrogens is 1. The highest BCUT2D eigenvalue weighted by Gasteiger charge is 2.24. The van der Waals surface area contributed by atoms with Crippen molar-refractivity contribution < 1.29 is 14.3 Å². The van der Waals surface area contributed by atoms with E-state index in [1.165, 1.54) is 4.90 Å². The number of carbonyl (C=O) groups excluding carboxylic acids is 2. The maximum atomic E-state index is 12.4. The molecule has 1 aromatic carbocycles. The lowest BCUT2D eigenvalue weighted by molar-refractivity contribution is 0.0939. The average molecular weight is 311 g/mol. The number of rotatable bonds is 4. The molecule has 6 heteroatoms. The van der Waals surface area contributed by atoms with Crippen LogP contribution in [0.1, 0.15) is 29.0 Å². The van der Waals surface area contributed by atoms with Gasteiger partial charge < -0.3 is 10.1 Å². The lowest BCUT2D eigenvalue weighted by atomic mass is 10.1. The van der Waals surface area contributed by atoms with Crippen LogP contribution in [0.3, 0.4) is 0 Å². The molecular formula is C17H17N3O3. The first-order valence-electron chi connectivity index (χ1n) is 7.41. The molecule has 6 nitrogen and oxygen atoms in total. The van der Waals surface area contributed by atoms with E-state index in [4.69, 9.17) is 4.74 Å². The zero-order chi connectivity index (χ0) is 16.2. The van der Waals surface area contributed by atoms with Crippen LogP contribution in [0.5, 0.6) is 0 Å². The Morgan fingerprint density at radius 3 is 2.87 bits per heavy atom. The van der Waals surface area contributed by atoms with Gasteiger partial charge in [0.05, 0.1) is 18.3 Å². The van der Waals surface area contributed by atoms with Crippen LogP contribution in [-0.2, 0) is 4.74 Å². The molecule has 1 saturated heterocycles. The van der Waals surface area contributed by atoms with Crippen molar-refractivity contribution >= 4 is 17.7 Å². The maximum absolute atomic E-state index is 12.4. The summed E-state index contributed by atoms with van der Waals surface area (Å²) in [5, 5.41) is 2.91. The van der Waals surface area contributed by atoms with Gasteiger partial charge in [-0.25, -0.2) is 4.79 Å². The fraction of sp³-hybridized carbons (Fsp3) is 0.235. The Balaban J connectivity index is 1.74. The molecule has 1 atom stereocenters. The standard InChI is InChI=1S/C17H17N3O3/c1-12(15-7-2-3-8-18-15)19-16(21)13-5-4-6-14(11-13)20-9-10-23-17(20)22/h2-8,11-12H,9-10H2,1H3,(H,19,21)/t12-/m1/s1. The first kappa shape index (κ1) is 15.0. The molecule has 0 saturated carbocycles. The van der Waals surface area contributed by atoms with Gasteiger partial charge in [0, 0.05) is 17.4 Å². The predicted octanol–water partition coefficient (Wildman–Crippen LogP) is 2.53. The van der Waals surface area contributed by atoms with E-state index in [1.807, 2.05) is 25.1 Å². The molecule has 2 amide bonds. The number of pyridine rings is 1. The predicted molar refractivity (Wildman–Crippen MR) is 85.3 cm³/mol. The van der Waals surface area contributed by atoms with Gasteiger partial charge in [-0.05, 0) is 37.3 Å². The summed E-state index contributed by atoms with van der Waals surface area (Å²) in [6.07, 6.45) is 1.31. The van der Waals surface area contributed by atoms with E-state index in [2.05, 4.69) is 10.3 Å². The van der Waals surface area contributed by atoms with Gasteiger partial charge in [-0.15, -0.1) is 0 Å². The highest BCUT2D eigenvalue weighted by molar-refractivity contribution is 5.97. The van der Waals surface area contributed by atoms with Crippen LogP contribution in [0.4, 0.5) is 10.5 Å². The lowest BCUT2D eigenvalue weighted by Gasteiger charge is -2.16. The summed E-state index contributed by atoms with van der Waals surface area (Å²) in [5.74, 6) is -0.211. The van der Waals surface area contributed by atoms with Crippen LogP contribution in [0, 0.1) is 0 Å². The molecular weight excluding hydrogens is 294 g/mol. The van der Waals surface area contributed by atoms with Crippen molar-refractivity contribution in [1.29, 1.82) is 0 Å². The molecule has 0 radical (unpaired) electrons. The van der Waals surface area contributed by atoms with Crippen molar-refractivity contribution in [3.05, 3.63) is 59.9 Å². The van der Waals surface area contributed by atoms with Crippen LogP contribution in [0.25, 0.3) is 0 Å². The first-order chi connectivity index (χ1) is 11.1. The topological polar surface area (TPSA) is 71.5 Å². The lowest BCUT2D eigenvalue weighted by Crippen LogP contribution is -2.28. The van der Waals surface area contributed by atoms with E-state index >= 15 is 0 Å². The average Bonchev–Trinajstić information content (AvgIpc) is 3.02. The minimum absolute atomic E-state index is 0.205. The van der Waals surface area contributed by atoms with Crippen molar-refractivity contribution in [2.24, 2.45) is 0 Å². The third-order valence-corrected chi connectivity index (χ3v) is 3.66. The first-order valence-corrected chi connectivity index (χ1v) is 7.41. The molecule has 1 aromatic heterocycles. The summed E-state index contributed by atoms with van der Waals surface area (Å²) in [6.45, 7) is 2.74. The van der Waals surface area contributed by atoms with Crippen LogP contribution < -0.4 is 10.2 Å². The van der Waals surface area contributed by atoms with Gasteiger partial charge in [0.25, 0.3) is 5.91 Å². The number of carbonyl (C=O) groups is 2. The third kappa shape index (κ3) is 3.31. The summed E-state index contributed by atoms with van der Waals surface area (Å²) in [7, 11) is 0. The van der Waals surface area contributed by atoms with Crippen molar-refractivity contribution in [3.63, 3.8) is 0 Å². The summed E-state index contributed by atoms with van der Waals surface area (Å²) in [4.78, 5) is 29.8. The number of hydrogen-bond donors (Lipinski definition) is 1. The molecule has 1 aliphatic heterocycles. The largest absolute Gasteiger partial charge is 0.447 e. The molecule has 0 spiro atoms. The Hall–Kier alpha value is -2.89. The molecule has 3 rings (SSSR count). The van der Waals surface area contributed by atoms with Crippen molar-refractivity contribution in [3.8, 4) is 0 Å². The zero-order valence-electron chi connectivity index (χ0n) is 12.7. The Kier molecular flexibility index (Phi) is 4.23. The molecule has 0 unspecified atom stereocenters. The van der Waals surface area contributed by atoms with E-state index < -0.39 is 0 Å². The van der Waals surface area contributed by atoms with Crippen molar-refractivity contribution in [2.75, 3.05) is 18.1 Å². The third-order valence-electron chi connectivity index (χ3n) is 3.66. The highest BCUT2D eigenvalue weighted by Crippen LogP contribution is 2.20. The molecule has 118 valence electrons. The molecule has 2 aromatic rings. The second-order valence-electron chi connectivity index (χ2n) is 5.27. The fourth-order valence-electron chi connectivity index (χ4n) is 2.43. The van der Waals surface area contributed by atoms with Gasteiger partial charge >= 0.3 is 6.09 Å². The summed E-state index contributed by atoms with van der Waals surface area (Å²) in [5.41, 5.74) is 1.94. The Labute approximate surface area is 134 Å². The summed E-state index contributed by atoms with van der Waals surface area (Å²) in [6, 6.07) is 12.3. The minimum atomic E-state index is -0.385. The van der Waals surface area contributed by atoms with Gasteiger partial charge in [0.2, 0.25) is 0 Å². The SMILES string of the molecule is C[C@@H](NC(=O)c1cccc(N2CCOC2=O)c1)c1ccccn1. The van der Waals surface area contributed by atoms with Gasteiger partial charge in [0.1, 0.15) is 6.61 Å². The monoisotopic (exact) mass is 311 g/mol. The molecule has 1 fully saturated rings. The molecule has 0 aliphatic carbocycles. The highest BCUT2D eigenvalue weighted by atomic mass is 16.6. The number of nitrogens with one attached hydrogen (secondary N) is 1. The molecule has 2 heterocycles. The van der Waals surface area contributed by atoms with Crippen LogP contribution in [0.15, 0.2) is 48.7 Å². The number of ether oxygens (including phenoxy) is 1. The minimum Gasteiger partial charge on any atom is -0.447 e. The number of anilines is 1. The number of amides is 2. The van der Waals surface area contributed by atoms with E-state index in [9.17, 15) is 9.59 Å². The van der Waals surface area contributed by atoms with Crippen molar-refractivity contribution in [2.45, 2.75) is 13.0 Å². The molecule has 23 heavy (non-hydrogen) atoms. The van der Waals surface area contributed by atoms with E-state index in [0.29, 0.717) is 24.4 Å². The quantitative estimate of drug-likeness (QED) is 0.942. The van der Waals surface area contributed by atoms with Gasteiger partial charge in [-0.2, -0.15) is 0 Å². The van der Waals surface area contributed by atoms with Crippen LogP contribution in [-0.4, -0.2) is 30.1 Å². The molecule has 1 N–H and O–H groups in total. The Morgan fingerprint density at radius 2 is 2.17 bits per heavy atom. The van der Waals surface area contributed by atoms with Crippen molar-refractivity contribution in [1.82, 2.24) is 10.3 Å². The van der Waals surface area contributed by atoms with Crippen LogP contribution >= 0.6 is 0 Å². The smallest absolute Gasteiger partial charge is 0.414 e. The number of benzene rings is 1. The summed E-state index contributed by atoms with van der Waals surface area (Å²) >= 11 is 0. The Bertz CT molecular complexity index is 718. The van der Waals surface area contributed by atoms with Gasteiger partial charge in [-0.3, -0.25) is 14.7 Å². The maximum Gasteiger partial charge on any atom is 0.414 e. The molecule has 1 aliphatic rings. The molecule has 0 bridgehead atoms. The van der Waals surface area contributed by atoms with E-state index in [1.54, 1.807) is 30.5 Å². The normalized spacial score (nSPS) is 15.2. The van der Waals surface area contributed by atoms with E-state index in [0.717, 1.165) is 5.69 Å². The number of hydrogen-bond acceptors (Lipinski definition) is 4. The summed E-state index contributed by atoms with van der Waals surface area (Å²) < 4.78 is 4.92. The van der Waals surface area contributed by atoms with Gasteiger partial charge in [-0.1, -0.05) is 12.1 Å².